The van der Waals surface area contributed by atoms with Crippen molar-refractivity contribution in [3.63, 3.8) is 0 Å². The van der Waals surface area contributed by atoms with Crippen LogP contribution in [-0.4, -0.2) is 56.1 Å². The van der Waals surface area contributed by atoms with Crippen LogP contribution < -0.4 is 15.4 Å². The number of hydrogen-bond donors (Lipinski definition) is 3. The Balaban J connectivity index is 1.21. The molecule has 10 nitrogen and oxygen atoms in total. The quantitative estimate of drug-likeness (QED) is 0.217. The maximum absolute atomic E-state index is 15.2. The fraction of sp³-hybridized carbons (Fsp3) is 0.387. The molecular formula is C31H28F4N4O6S. The molecule has 0 aliphatic heterocycles. The van der Waals surface area contributed by atoms with Crippen LogP contribution in [0.2, 0.25) is 0 Å². The molecule has 0 saturated heterocycles. The summed E-state index contributed by atoms with van der Waals surface area (Å²) in [6.07, 6.45) is 5.31. The van der Waals surface area contributed by atoms with Gasteiger partial charge < -0.3 is 25.0 Å². The molecule has 242 valence electrons. The first-order valence-corrected chi connectivity index (χ1v) is 15.6. The maximum atomic E-state index is 15.2. The zero-order valence-corrected chi connectivity index (χ0v) is 25.0. The second-order valence-electron chi connectivity index (χ2n) is 11.7. The second-order valence-corrected chi connectivity index (χ2v) is 13.2. The van der Waals surface area contributed by atoms with Gasteiger partial charge in [-0.05, 0) is 55.7 Å². The summed E-state index contributed by atoms with van der Waals surface area (Å²) < 4.78 is 71.2. The number of methoxy groups -OCH3 is 1. The van der Waals surface area contributed by atoms with Gasteiger partial charge in [0.25, 0.3) is 5.91 Å². The van der Waals surface area contributed by atoms with E-state index >= 15 is 4.39 Å². The summed E-state index contributed by atoms with van der Waals surface area (Å²) in [5, 5.41) is 14.7. The Bertz CT molecular complexity index is 1690. The molecule has 0 spiro atoms. The second kappa shape index (κ2) is 12.2. The van der Waals surface area contributed by atoms with E-state index < -0.39 is 63.1 Å². The summed E-state index contributed by atoms with van der Waals surface area (Å²) in [7, 11) is 1.28. The normalized spacial score (nSPS) is 25.5. The molecule has 2 amide bonds. The average Bonchev–Trinajstić information content (AvgIpc) is 3.58. The van der Waals surface area contributed by atoms with Crippen LogP contribution >= 0.6 is 0 Å². The van der Waals surface area contributed by atoms with Crippen LogP contribution in [0.25, 0.3) is 11.3 Å². The van der Waals surface area contributed by atoms with Crippen molar-refractivity contribution >= 4 is 34.6 Å². The van der Waals surface area contributed by atoms with E-state index in [1.54, 1.807) is 0 Å². The summed E-state index contributed by atoms with van der Waals surface area (Å²) in [5.41, 5.74) is -4.36. The lowest BCUT2D eigenvalue weighted by Gasteiger charge is -2.31. The minimum atomic E-state index is -4.96. The van der Waals surface area contributed by atoms with Gasteiger partial charge in [0.2, 0.25) is 5.91 Å². The van der Waals surface area contributed by atoms with Crippen LogP contribution in [0, 0.1) is 29.5 Å². The van der Waals surface area contributed by atoms with Gasteiger partial charge in [0.1, 0.15) is 11.6 Å². The summed E-state index contributed by atoms with van der Waals surface area (Å²) in [6, 6.07) is 6.44. The van der Waals surface area contributed by atoms with E-state index in [0.29, 0.717) is 18.5 Å². The number of fused-ring (bicyclic) bond motifs is 2. The van der Waals surface area contributed by atoms with E-state index in [1.807, 2.05) is 0 Å². The van der Waals surface area contributed by atoms with Gasteiger partial charge in [0, 0.05) is 41.5 Å². The van der Waals surface area contributed by atoms with Crippen LogP contribution in [-0.2, 0) is 20.8 Å². The van der Waals surface area contributed by atoms with Crippen molar-refractivity contribution in [1.29, 1.82) is 0 Å². The number of aliphatic carboxylic acids is 1. The highest BCUT2D eigenvalue weighted by atomic mass is 32.2. The number of nitrogens with one attached hydrogen (secondary N) is 2. The molecule has 3 aliphatic carbocycles. The Morgan fingerprint density at radius 1 is 1.07 bits per heavy atom. The number of benzene rings is 2. The number of carbonyl (C=O) groups is 3. The number of anilines is 1. The number of carboxylic acid groups (broad SMARTS) is 1. The summed E-state index contributed by atoms with van der Waals surface area (Å²) in [4.78, 5) is 46.4. The molecule has 3 aromatic rings. The van der Waals surface area contributed by atoms with E-state index in [-0.39, 0.29) is 46.0 Å². The van der Waals surface area contributed by atoms with Gasteiger partial charge in [-0.1, -0.05) is 6.07 Å². The standard InChI is InChI=1S/C31H28F4N4O6S/c1-45-25-11-22(32)20(24-13-36-23(12-37-24)18-9-19(18)30(42)43)10-21(25)28(40)39-27-15-6-5-14(7-15)26(27)29(41)38-16-3-2-4-17(8-16)46(44)31(33,34)35/h2-4,8,10-15,18-19,26-27H,5-7,9H2,1H3,(H,38,41)(H,39,40)(H,42,43)/t14?,15?,18-,19?,26?,27?,46?/m1/s1. The van der Waals surface area contributed by atoms with Crippen molar-refractivity contribution in [3.8, 4) is 17.0 Å². The number of nitrogens with zero attached hydrogens (tertiary/aromatic N) is 2. The Kier molecular flexibility index (Phi) is 8.40. The van der Waals surface area contributed by atoms with Gasteiger partial charge in [0.15, 0.2) is 4.90 Å². The molecule has 1 aromatic heterocycles. The van der Waals surface area contributed by atoms with Crippen molar-refractivity contribution in [2.75, 3.05) is 12.4 Å². The molecule has 2 bridgehead atoms. The first-order valence-electron chi connectivity index (χ1n) is 14.5. The zero-order valence-electron chi connectivity index (χ0n) is 24.2. The van der Waals surface area contributed by atoms with E-state index in [2.05, 4.69) is 20.6 Å². The molecule has 3 saturated carbocycles. The van der Waals surface area contributed by atoms with Crippen LogP contribution in [0.15, 0.2) is 53.7 Å². The minimum absolute atomic E-state index is 0.0119. The molecule has 46 heavy (non-hydrogen) atoms. The molecule has 3 aliphatic rings. The van der Waals surface area contributed by atoms with Crippen LogP contribution in [0.1, 0.15) is 47.7 Å². The molecule has 7 atom stereocenters. The lowest BCUT2D eigenvalue weighted by atomic mass is 9.83. The molecule has 3 fully saturated rings. The topological polar surface area (TPSA) is 154 Å². The molecule has 6 unspecified atom stereocenters. The van der Waals surface area contributed by atoms with Crippen molar-refractivity contribution < 1.29 is 46.3 Å². The van der Waals surface area contributed by atoms with Gasteiger partial charge in [-0.25, -0.2) is 4.39 Å². The highest BCUT2D eigenvalue weighted by molar-refractivity contribution is 7.92. The predicted octanol–water partition coefficient (Wildman–Crippen LogP) is 4.89. The fourth-order valence-corrected chi connectivity index (χ4v) is 7.42. The number of halogens is 4. The number of ether oxygens (including phenoxy) is 1. The van der Waals surface area contributed by atoms with Gasteiger partial charge in [-0.15, -0.1) is 13.2 Å². The third-order valence-electron chi connectivity index (χ3n) is 9.01. The Morgan fingerprint density at radius 2 is 1.83 bits per heavy atom. The highest BCUT2D eigenvalue weighted by Crippen LogP contribution is 2.49. The number of carbonyl (C=O) groups excluding carboxylic acids is 2. The predicted molar refractivity (Wildman–Crippen MR) is 156 cm³/mol. The van der Waals surface area contributed by atoms with E-state index in [9.17, 15) is 37.2 Å². The van der Waals surface area contributed by atoms with Crippen molar-refractivity contribution in [1.82, 2.24) is 15.3 Å². The first-order chi connectivity index (χ1) is 21.8. The fourth-order valence-electron chi connectivity index (χ4n) is 6.71. The van der Waals surface area contributed by atoms with Crippen molar-refractivity contribution in [2.24, 2.45) is 23.7 Å². The van der Waals surface area contributed by atoms with E-state index in [4.69, 9.17) is 4.74 Å². The van der Waals surface area contributed by atoms with Crippen molar-refractivity contribution in [3.05, 3.63) is 65.9 Å². The number of carboxylic acids is 1. The first kappa shape index (κ1) is 31.7. The van der Waals surface area contributed by atoms with Gasteiger partial charge in [0.05, 0.1) is 53.3 Å². The monoisotopic (exact) mass is 660 g/mol. The van der Waals surface area contributed by atoms with E-state index in [0.717, 1.165) is 31.0 Å². The number of rotatable bonds is 9. The third-order valence-corrected chi connectivity index (χ3v) is 10.1. The molecule has 15 heteroatoms. The molecular weight excluding hydrogens is 632 g/mol. The van der Waals surface area contributed by atoms with Gasteiger partial charge >= 0.3 is 11.5 Å². The lowest BCUT2D eigenvalue weighted by molar-refractivity contribution is -0.138. The number of amides is 2. The smallest absolute Gasteiger partial charge is 0.578 e. The average molecular weight is 661 g/mol. The Labute approximate surface area is 263 Å². The largest absolute Gasteiger partial charge is 0.604 e. The van der Waals surface area contributed by atoms with Crippen molar-refractivity contribution in [2.45, 2.75) is 48.0 Å². The maximum Gasteiger partial charge on any atom is 0.578 e. The zero-order chi connectivity index (χ0) is 32.9. The highest BCUT2D eigenvalue weighted by Gasteiger charge is 2.52. The molecule has 1 heterocycles. The van der Waals surface area contributed by atoms with Crippen LogP contribution in [0.5, 0.6) is 5.75 Å². The Morgan fingerprint density at radius 3 is 2.48 bits per heavy atom. The lowest BCUT2D eigenvalue weighted by Crippen LogP contribution is -2.48. The third kappa shape index (κ3) is 6.12. The van der Waals surface area contributed by atoms with Crippen LogP contribution in [0.3, 0.4) is 0 Å². The molecule has 2 aromatic carbocycles. The Hall–Kier alpha value is -4.24. The van der Waals surface area contributed by atoms with E-state index in [1.165, 1.54) is 37.7 Å². The summed E-state index contributed by atoms with van der Waals surface area (Å²) in [5.74, 6) is -4.41. The van der Waals surface area contributed by atoms with Gasteiger partial charge in [-0.2, -0.15) is 0 Å². The number of aromatic nitrogens is 2. The molecule has 0 radical (unpaired) electrons. The van der Waals surface area contributed by atoms with Crippen LogP contribution in [0.4, 0.5) is 23.2 Å². The minimum Gasteiger partial charge on any atom is -0.604 e. The summed E-state index contributed by atoms with van der Waals surface area (Å²) >= 11 is -3.27. The molecule has 6 rings (SSSR count). The van der Waals surface area contributed by atoms with Gasteiger partial charge in [-0.3, -0.25) is 24.4 Å². The SMILES string of the molecule is COc1cc(F)c(-c2cnc([C@@H]3CC3C(=O)O)cn2)cc1C(=O)NC1C2CCC(C2)C1C(=O)Nc1cccc([S+]([O-])C(F)(F)F)c1. The number of hydrogen-bond acceptors (Lipinski definition) is 7. The molecule has 3 N–H and O–H groups in total. The summed E-state index contributed by atoms with van der Waals surface area (Å²) in [6.45, 7) is 0. The number of alkyl halides is 3.